The van der Waals surface area contributed by atoms with Crippen molar-refractivity contribution in [1.29, 1.82) is 0 Å². The Hall–Kier alpha value is -0.570. The Morgan fingerprint density at radius 2 is 1.71 bits per heavy atom. The highest BCUT2D eigenvalue weighted by atomic mass is 16.5. The normalized spacial score (nSPS) is 16.3. The Morgan fingerprint density at radius 1 is 1.06 bits per heavy atom. The van der Waals surface area contributed by atoms with Gasteiger partial charge in [-0.25, -0.2) is 0 Å². The highest BCUT2D eigenvalue weighted by Crippen LogP contribution is 2.21. The minimum absolute atomic E-state index is 0. The second-order valence-electron chi connectivity index (χ2n) is 4.91. The van der Waals surface area contributed by atoms with Gasteiger partial charge in [0.25, 0.3) is 0 Å². The van der Waals surface area contributed by atoms with Gasteiger partial charge in [-0.3, -0.25) is 4.79 Å². The molecule has 0 spiro atoms. The first kappa shape index (κ1) is 16.4. The second kappa shape index (κ2) is 10.6. The average Bonchev–Trinajstić information content (AvgIpc) is 2.30. The summed E-state index contributed by atoms with van der Waals surface area (Å²) in [6, 6.07) is 0. The predicted molar refractivity (Wildman–Crippen MR) is 72.3 cm³/mol. The lowest BCUT2D eigenvalue weighted by molar-refractivity contribution is -0.150. The standard InChI is InChI=1S/C14H26O2.H3N/c1-2-3-4-5-9-12-14(15)16-13-10-7-6-8-11-13;/h13H,2-12H2,1H3;1H3/p+1. The summed E-state index contributed by atoms with van der Waals surface area (Å²) in [7, 11) is 0. The molecule has 1 rings (SSSR count). The first-order valence-electron chi connectivity index (χ1n) is 7.02. The van der Waals surface area contributed by atoms with Crippen LogP contribution in [0.15, 0.2) is 0 Å². The van der Waals surface area contributed by atoms with Crippen LogP contribution in [0.25, 0.3) is 0 Å². The number of unbranched alkanes of at least 4 members (excludes halogenated alkanes) is 4. The van der Waals surface area contributed by atoms with Gasteiger partial charge >= 0.3 is 5.97 Å². The van der Waals surface area contributed by atoms with Crippen molar-refractivity contribution in [3.8, 4) is 0 Å². The molecule has 1 aliphatic rings. The molecule has 0 bridgehead atoms. The third kappa shape index (κ3) is 8.19. The zero-order valence-electron chi connectivity index (χ0n) is 11.7. The Labute approximate surface area is 106 Å². The topological polar surface area (TPSA) is 62.8 Å². The molecular formula is C14H30NO2+. The quantitative estimate of drug-likeness (QED) is 0.525. The molecule has 0 radical (unpaired) electrons. The summed E-state index contributed by atoms with van der Waals surface area (Å²) in [5.74, 6) is 0.0309. The van der Waals surface area contributed by atoms with E-state index in [1.807, 2.05) is 0 Å². The smallest absolute Gasteiger partial charge is 0.306 e. The fourth-order valence-corrected chi connectivity index (χ4v) is 2.30. The van der Waals surface area contributed by atoms with Crippen LogP contribution in [0.4, 0.5) is 0 Å². The molecule has 17 heavy (non-hydrogen) atoms. The van der Waals surface area contributed by atoms with Crippen LogP contribution in [0.2, 0.25) is 0 Å². The first-order valence-corrected chi connectivity index (χ1v) is 7.02. The number of carbonyl (C=O) groups is 1. The summed E-state index contributed by atoms with van der Waals surface area (Å²) in [5.41, 5.74) is 0. The second-order valence-corrected chi connectivity index (χ2v) is 4.91. The number of carbonyl (C=O) groups excluding carboxylic acids is 1. The molecule has 3 heteroatoms. The molecule has 0 aromatic heterocycles. The monoisotopic (exact) mass is 244 g/mol. The summed E-state index contributed by atoms with van der Waals surface area (Å²) in [4.78, 5) is 11.5. The summed E-state index contributed by atoms with van der Waals surface area (Å²) >= 11 is 0. The fraction of sp³-hybridized carbons (Fsp3) is 0.929. The molecule has 0 atom stereocenters. The molecule has 1 fully saturated rings. The van der Waals surface area contributed by atoms with Gasteiger partial charge in [-0.05, 0) is 32.1 Å². The number of rotatable bonds is 7. The molecule has 4 N–H and O–H groups in total. The zero-order valence-corrected chi connectivity index (χ0v) is 11.7. The van der Waals surface area contributed by atoms with Crippen LogP contribution in [0.1, 0.15) is 77.6 Å². The molecule has 0 aromatic carbocycles. The Morgan fingerprint density at radius 3 is 2.35 bits per heavy atom. The summed E-state index contributed by atoms with van der Waals surface area (Å²) in [6.07, 6.45) is 12.8. The van der Waals surface area contributed by atoms with Crippen LogP contribution < -0.4 is 6.15 Å². The molecule has 0 unspecified atom stereocenters. The van der Waals surface area contributed by atoms with Crippen molar-refractivity contribution in [2.75, 3.05) is 0 Å². The van der Waals surface area contributed by atoms with E-state index in [9.17, 15) is 4.79 Å². The van der Waals surface area contributed by atoms with Crippen LogP contribution in [0, 0.1) is 0 Å². The van der Waals surface area contributed by atoms with Crippen LogP contribution >= 0.6 is 0 Å². The van der Waals surface area contributed by atoms with Crippen molar-refractivity contribution in [1.82, 2.24) is 6.15 Å². The lowest BCUT2D eigenvalue weighted by atomic mass is 9.98. The molecule has 0 saturated heterocycles. The van der Waals surface area contributed by atoms with E-state index in [-0.39, 0.29) is 18.2 Å². The van der Waals surface area contributed by atoms with Crippen molar-refractivity contribution in [3.63, 3.8) is 0 Å². The van der Waals surface area contributed by atoms with Gasteiger partial charge in [0.1, 0.15) is 6.10 Å². The Kier molecular flexibility index (Phi) is 10.2. The van der Waals surface area contributed by atoms with Gasteiger partial charge in [0.15, 0.2) is 0 Å². The number of quaternary nitrogens is 1. The highest BCUT2D eigenvalue weighted by Gasteiger charge is 2.16. The van der Waals surface area contributed by atoms with E-state index in [0.29, 0.717) is 6.42 Å². The van der Waals surface area contributed by atoms with Crippen LogP contribution in [-0.4, -0.2) is 12.1 Å². The molecule has 0 aromatic rings. The zero-order chi connectivity index (χ0) is 11.6. The average molecular weight is 244 g/mol. The molecule has 1 saturated carbocycles. The molecule has 3 nitrogen and oxygen atoms in total. The third-order valence-electron chi connectivity index (χ3n) is 3.33. The number of hydrogen-bond donors (Lipinski definition) is 1. The van der Waals surface area contributed by atoms with Gasteiger partial charge < -0.3 is 10.9 Å². The maximum Gasteiger partial charge on any atom is 0.306 e. The van der Waals surface area contributed by atoms with Gasteiger partial charge in [-0.15, -0.1) is 0 Å². The predicted octanol–water partition coefficient (Wildman–Crippen LogP) is 4.60. The van der Waals surface area contributed by atoms with E-state index < -0.39 is 0 Å². The van der Waals surface area contributed by atoms with Gasteiger partial charge in [-0.2, -0.15) is 0 Å². The number of hydrogen-bond acceptors (Lipinski definition) is 2. The minimum atomic E-state index is 0. The molecule has 0 heterocycles. The lowest BCUT2D eigenvalue weighted by Crippen LogP contribution is -2.20. The number of ether oxygens (including phenoxy) is 1. The highest BCUT2D eigenvalue weighted by molar-refractivity contribution is 5.69. The van der Waals surface area contributed by atoms with E-state index >= 15 is 0 Å². The van der Waals surface area contributed by atoms with Crippen LogP contribution in [0.3, 0.4) is 0 Å². The van der Waals surface area contributed by atoms with Crippen molar-refractivity contribution in [2.24, 2.45) is 0 Å². The van der Waals surface area contributed by atoms with Gasteiger partial charge in [-0.1, -0.05) is 39.0 Å². The van der Waals surface area contributed by atoms with Crippen molar-refractivity contribution >= 4 is 5.97 Å². The Balaban J connectivity index is 0.00000256. The van der Waals surface area contributed by atoms with Crippen molar-refractivity contribution in [3.05, 3.63) is 0 Å². The van der Waals surface area contributed by atoms with E-state index in [0.717, 1.165) is 19.3 Å². The Bertz CT molecular complexity index is 189. The van der Waals surface area contributed by atoms with Crippen LogP contribution in [-0.2, 0) is 9.53 Å². The largest absolute Gasteiger partial charge is 0.462 e. The van der Waals surface area contributed by atoms with Gasteiger partial charge in [0, 0.05) is 6.42 Å². The number of esters is 1. The van der Waals surface area contributed by atoms with E-state index in [4.69, 9.17) is 4.74 Å². The minimum Gasteiger partial charge on any atom is -0.462 e. The molecule has 0 aliphatic heterocycles. The summed E-state index contributed by atoms with van der Waals surface area (Å²) in [6.45, 7) is 2.21. The lowest BCUT2D eigenvalue weighted by Gasteiger charge is -2.21. The van der Waals surface area contributed by atoms with E-state index in [1.165, 1.54) is 44.9 Å². The van der Waals surface area contributed by atoms with E-state index in [2.05, 4.69) is 6.92 Å². The molecular weight excluding hydrogens is 214 g/mol. The van der Waals surface area contributed by atoms with Crippen molar-refractivity contribution < 1.29 is 9.53 Å². The van der Waals surface area contributed by atoms with Gasteiger partial charge in [0.05, 0.1) is 0 Å². The maximum atomic E-state index is 11.5. The van der Waals surface area contributed by atoms with E-state index in [1.54, 1.807) is 0 Å². The fourth-order valence-electron chi connectivity index (χ4n) is 2.30. The maximum absolute atomic E-state index is 11.5. The first-order chi connectivity index (χ1) is 7.83. The molecule has 0 amide bonds. The van der Waals surface area contributed by atoms with Crippen LogP contribution in [0.5, 0.6) is 0 Å². The molecule has 1 aliphatic carbocycles. The molecule has 102 valence electrons. The summed E-state index contributed by atoms with van der Waals surface area (Å²) in [5, 5.41) is 0. The summed E-state index contributed by atoms with van der Waals surface area (Å²) < 4.78 is 5.46. The van der Waals surface area contributed by atoms with Crippen molar-refractivity contribution in [2.45, 2.75) is 83.7 Å². The van der Waals surface area contributed by atoms with Gasteiger partial charge in [0.2, 0.25) is 0 Å². The third-order valence-corrected chi connectivity index (χ3v) is 3.33. The SMILES string of the molecule is CCCCCCCC(=O)OC1CCCCC1.[NH4+].